The van der Waals surface area contributed by atoms with Gasteiger partial charge in [0.1, 0.15) is 0 Å². The van der Waals surface area contributed by atoms with Crippen molar-refractivity contribution in [1.29, 1.82) is 0 Å². The van der Waals surface area contributed by atoms with Gasteiger partial charge in [0.15, 0.2) is 21.3 Å². The highest BCUT2D eigenvalue weighted by molar-refractivity contribution is 7.91. The highest BCUT2D eigenvalue weighted by Crippen LogP contribution is 2.27. The molecule has 8 heteroatoms. The van der Waals surface area contributed by atoms with Crippen LogP contribution in [0.1, 0.15) is 33.6 Å². The highest BCUT2D eigenvalue weighted by Gasteiger charge is 2.36. The molecular formula is C23H23ClN2O4S. The summed E-state index contributed by atoms with van der Waals surface area (Å²) < 4.78 is 29.6. The minimum Gasteiger partial charge on any atom is -0.355 e. The van der Waals surface area contributed by atoms with Gasteiger partial charge in [-0.25, -0.2) is 8.42 Å². The maximum Gasteiger partial charge on any atom is 0.276 e. The van der Waals surface area contributed by atoms with E-state index < -0.39 is 15.9 Å². The number of hydrogen-bond donors (Lipinski definition) is 0. The number of rotatable bonds is 5. The van der Waals surface area contributed by atoms with Crippen LogP contribution in [0.15, 0.2) is 53.1 Å². The molecule has 2 aromatic carbocycles. The van der Waals surface area contributed by atoms with Crippen molar-refractivity contribution in [1.82, 2.24) is 10.1 Å². The average Bonchev–Trinajstić information content (AvgIpc) is 3.36. The van der Waals surface area contributed by atoms with E-state index in [4.69, 9.17) is 16.1 Å². The molecule has 31 heavy (non-hydrogen) atoms. The summed E-state index contributed by atoms with van der Waals surface area (Å²) in [5.41, 5.74) is 3.99. The fourth-order valence-electron chi connectivity index (χ4n) is 3.75. The van der Waals surface area contributed by atoms with Gasteiger partial charge in [0, 0.05) is 29.2 Å². The molecule has 1 aliphatic heterocycles. The van der Waals surface area contributed by atoms with Crippen molar-refractivity contribution >= 4 is 27.3 Å². The second-order valence-electron chi connectivity index (χ2n) is 7.96. The van der Waals surface area contributed by atoms with Gasteiger partial charge in [0.25, 0.3) is 5.91 Å². The summed E-state index contributed by atoms with van der Waals surface area (Å²) in [7, 11) is -3.18. The molecule has 0 spiro atoms. The van der Waals surface area contributed by atoms with Crippen molar-refractivity contribution in [2.24, 2.45) is 0 Å². The Labute approximate surface area is 186 Å². The van der Waals surface area contributed by atoms with Crippen LogP contribution in [0, 0.1) is 13.8 Å². The number of nitrogens with zero attached hydrogens (tertiary/aromatic N) is 2. The molecule has 1 aliphatic rings. The second kappa shape index (κ2) is 8.48. The summed E-state index contributed by atoms with van der Waals surface area (Å²) in [5.74, 6) is 0.117. The zero-order chi connectivity index (χ0) is 22.2. The first kappa shape index (κ1) is 21.6. The number of benzene rings is 2. The molecule has 0 bridgehead atoms. The fraction of sp³-hybridized carbons (Fsp3) is 0.304. The van der Waals surface area contributed by atoms with Crippen molar-refractivity contribution in [2.45, 2.75) is 32.9 Å². The van der Waals surface area contributed by atoms with Crippen LogP contribution in [0.3, 0.4) is 0 Å². The fourth-order valence-corrected chi connectivity index (χ4v) is 5.68. The molecule has 2 heterocycles. The van der Waals surface area contributed by atoms with Gasteiger partial charge in [-0.1, -0.05) is 47.1 Å². The Hall–Kier alpha value is -2.64. The van der Waals surface area contributed by atoms with E-state index in [1.165, 1.54) is 0 Å². The summed E-state index contributed by atoms with van der Waals surface area (Å²) in [4.78, 5) is 14.9. The van der Waals surface area contributed by atoms with Gasteiger partial charge in [0.2, 0.25) is 0 Å². The molecule has 1 aromatic heterocycles. The van der Waals surface area contributed by atoms with Gasteiger partial charge >= 0.3 is 0 Å². The molecule has 0 N–H and O–H groups in total. The number of aryl methyl sites for hydroxylation is 2. The predicted octanol–water partition coefficient (Wildman–Crippen LogP) is 4.44. The topological polar surface area (TPSA) is 80.5 Å². The quantitative estimate of drug-likeness (QED) is 0.564. The van der Waals surface area contributed by atoms with Crippen LogP contribution < -0.4 is 0 Å². The third kappa shape index (κ3) is 4.67. The number of carbonyl (C=O) groups excluding carboxylic acids is 1. The van der Waals surface area contributed by atoms with Crippen LogP contribution in [0.2, 0.25) is 5.02 Å². The number of carbonyl (C=O) groups is 1. The Kier molecular flexibility index (Phi) is 5.90. The lowest BCUT2D eigenvalue weighted by atomic mass is 10.0. The summed E-state index contributed by atoms with van der Waals surface area (Å²) in [6.45, 7) is 4.23. The van der Waals surface area contributed by atoms with E-state index in [0.717, 1.165) is 22.3 Å². The molecule has 1 unspecified atom stereocenters. The van der Waals surface area contributed by atoms with E-state index in [9.17, 15) is 13.2 Å². The SMILES string of the molecule is Cc1ccc(-c2cc(C(=O)N(Cc3ccccc3Cl)C3CCS(=O)(=O)C3)no2)cc1C. The van der Waals surface area contributed by atoms with E-state index in [-0.39, 0.29) is 29.7 Å². The van der Waals surface area contributed by atoms with Gasteiger partial charge < -0.3 is 9.42 Å². The Balaban J connectivity index is 1.65. The lowest BCUT2D eigenvalue weighted by Crippen LogP contribution is -2.40. The Morgan fingerprint density at radius 1 is 1.16 bits per heavy atom. The standard InChI is InChI=1S/C23H23ClN2O4S/c1-15-7-8-17(11-16(15)2)22-12-21(25-30-22)23(27)26(19-9-10-31(28,29)14-19)13-18-5-3-4-6-20(18)24/h3-8,11-12,19H,9-10,13-14H2,1-2H3. The maximum absolute atomic E-state index is 13.4. The monoisotopic (exact) mass is 458 g/mol. The Bertz CT molecular complexity index is 1240. The molecule has 1 saturated heterocycles. The molecular weight excluding hydrogens is 436 g/mol. The van der Waals surface area contributed by atoms with Gasteiger partial charge in [-0.3, -0.25) is 4.79 Å². The van der Waals surface area contributed by atoms with E-state index in [0.29, 0.717) is 17.2 Å². The molecule has 1 atom stereocenters. The molecule has 4 rings (SSSR count). The van der Waals surface area contributed by atoms with Crippen molar-refractivity contribution in [3.05, 3.63) is 75.9 Å². The zero-order valence-corrected chi connectivity index (χ0v) is 18.9. The van der Waals surface area contributed by atoms with Gasteiger partial charge in [-0.15, -0.1) is 0 Å². The van der Waals surface area contributed by atoms with Crippen LogP contribution >= 0.6 is 11.6 Å². The van der Waals surface area contributed by atoms with E-state index in [1.54, 1.807) is 17.0 Å². The normalized spacial score (nSPS) is 17.6. The maximum atomic E-state index is 13.4. The first-order valence-corrected chi connectivity index (χ1v) is 12.2. The predicted molar refractivity (Wildman–Crippen MR) is 120 cm³/mol. The summed E-state index contributed by atoms with van der Waals surface area (Å²) in [6, 6.07) is 14.3. The van der Waals surface area contributed by atoms with Crippen molar-refractivity contribution in [3.8, 4) is 11.3 Å². The summed E-state index contributed by atoms with van der Waals surface area (Å²) in [5, 5.41) is 4.51. The number of hydrogen-bond acceptors (Lipinski definition) is 5. The zero-order valence-electron chi connectivity index (χ0n) is 17.3. The number of sulfone groups is 1. The highest BCUT2D eigenvalue weighted by atomic mass is 35.5. The number of aromatic nitrogens is 1. The molecule has 0 aliphatic carbocycles. The van der Waals surface area contributed by atoms with Gasteiger partial charge in [0.05, 0.1) is 11.5 Å². The van der Waals surface area contributed by atoms with Crippen LogP contribution in [0.25, 0.3) is 11.3 Å². The smallest absolute Gasteiger partial charge is 0.276 e. The van der Waals surface area contributed by atoms with Crippen molar-refractivity contribution in [2.75, 3.05) is 11.5 Å². The van der Waals surface area contributed by atoms with Crippen LogP contribution in [0.5, 0.6) is 0 Å². The van der Waals surface area contributed by atoms with Gasteiger partial charge in [-0.2, -0.15) is 0 Å². The van der Waals surface area contributed by atoms with Crippen LogP contribution in [-0.4, -0.2) is 41.9 Å². The van der Waals surface area contributed by atoms with Gasteiger partial charge in [-0.05, 0) is 49.1 Å². The third-order valence-corrected chi connectivity index (χ3v) is 7.85. The number of amides is 1. The van der Waals surface area contributed by atoms with Crippen molar-refractivity contribution < 1.29 is 17.7 Å². The van der Waals surface area contributed by atoms with Crippen molar-refractivity contribution in [3.63, 3.8) is 0 Å². The van der Waals surface area contributed by atoms with Crippen LogP contribution in [0.4, 0.5) is 0 Å². The van der Waals surface area contributed by atoms with E-state index >= 15 is 0 Å². The minimum absolute atomic E-state index is 0.0644. The first-order chi connectivity index (χ1) is 14.7. The molecule has 0 saturated carbocycles. The second-order valence-corrected chi connectivity index (χ2v) is 10.6. The summed E-state index contributed by atoms with van der Waals surface area (Å²) in [6.07, 6.45) is 0.389. The molecule has 6 nitrogen and oxygen atoms in total. The van der Waals surface area contributed by atoms with Crippen LogP contribution in [-0.2, 0) is 16.4 Å². The lowest BCUT2D eigenvalue weighted by molar-refractivity contribution is 0.0670. The molecule has 1 fully saturated rings. The third-order valence-electron chi connectivity index (χ3n) is 5.73. The average molecular weight is 459 g/mol. The summed E-state index contributed by atoms with van der Waals surface area (Å²) >= 11 is 6.30. The molecule has 1 amide bonds. The molecule has 0 radical (unpaired) electrons. The molecule has 3 aromatic rings. The largest absolute Gasteiger partial charge is 0.355 e. The number of halogens is 1. The Morgan fingerprint density at radius 3 is 2.61 bits per heavy atom. The van der Waals surface area contributed by atoms with E-state index in [1.807, 2.05) is 50.2 Å². The minimum atomic E-state index is -3.18. The lowest BCUT2D eigenvalue weighted by Gasteiger charge is -2.28. The van der Waals surface area contributed by atoms with E-state index in [2.05, 4.69) is 5.16 Å². The molecule has 162 valence electrons. The first-order valence-electron chi connectivity index (χ1n) is 10.0. The Morgan fingerprint density at radius 2 is 1.94 bits per heavy atom.